The van der Waals surface area contributed by atoms with Crippen LogP contribution in [-0.2, 0) is 4.74 Å². The number of ether oxygens (including phenoxy) is 3. The molecule has 2 rings (SSSR count). The van der Waals surface area contributed by atoms with Crippen LogP contribution in [0, 0.1) is 5.92 Å². The molecule has 0 bridgehead atoms. The lowest BCUT2D eigenvalue weighted by Gasteiger charge is -2.09. The quantitative estimate of drug-likeness (QED) is 0.559. The Bertz CT molecular complexity index is 736. The Balaban J connectivity index is 2.07. The predicted molar refractivity (Wildman–Crippen MR) is 94.1 cm³/mol. The van der Waals surface area contributed by atoms with Crippen molar-refractivity contribution in [2.75, 3.05) is 13.2 Å². The van der Waals surface area contributed by atoms with E-state index in [1.807, 2.05) is 20.8 Å². The van der Waals surface area contributed by atoms with E-state index in [0.29, 0.717) is 30.1 Å². The van der Waals surface area contributed by atoms with Crippen LogP contribution in [-0.4, -0.2) is 25.2 Å². The van der Waals surface area contributed by atoms with Gasteiger partial charge in [0.1, 0.15) is 11.5 Å². The van der Waals surface area contributed by atoms with Crippen molar-refractivity contribution in [3.05, 3.63) is 59.7 Å². The third-order valence-electron chi connectivity index (χ3n) is 3.21. The van der Waals surface area contributed by atoms with Gasteiger partial charge in [0, 0.05) is 0 Å². The number of esters is 2. The Morgan fingerprint density at radius 3 is 2.16 bits per heavy atom. The standard InChI is InChI=1S/C20H22O5/c1-4-23-17-9-5-8-16(11-17)20(22)25-18-10-6-7-15(12-18)19(21)24-13-14(2)3/h5-12,14H,4,13H2,1-3H3. The highest BCUT2D eigenvalue weighted by Crippen LogP contribution is 2.18. The SMILES string of the molecule is CCOc1cccc(C(=O)Oc2cccc(C(=O)OCC(C)C)c2)c1. The van der Waals surface area contributed by atoms with Crippen molar-refractivity contribution in [2.24, 2.45) is 5.92 Å². The van der Waals surface area contributed by atoms with Gasteiger partial charge in [-0.3, -0.25) is 0 Å². The zero-order valence-corrected chi connectivity index (χ0v) is 14.7. The lowest BCUT2D eigenvalue weighted by molar-refractivity contribution is 0.0457. The Morgan fingerprint density at radius 1 is 0.920 bits per heavy atom. The summed E-state index contributed by atoms with van der Waals surface area (Å²) in [5.74, 6) is 0.176. The van der Waals surface area contributed by atoms with Crippen LogP contribution in [0.3, 0.4) is 0 Å². The fraction of sp³-hybridized carbons (Fsp3) is 0.300. The molecule has 0 aliphatic heterocycles. The van der Waals surface area contributed by atoms with Crippen LogP contribution in [0.2, 0.25) is 0 Å². The van der Waals surface area contributed by atoms with E-state index in [9.17, 15) is 9.59 Å². The third-order valence-corrected chi connectivity index (χ3v) is 3.21. The summed E-state index contributed by atoms with van der Waals surface area (Å²) in [6, 6.07) is 13.1. The monoisotopic (exact) mass is 342 g/mol. The highest BCUT2D eigenvalue weighted by Gasteiger charge is 2.13. The normalized spacial score (nSPS) is 10.4. The summed E-state index contributed by atoms with van der Waals surface area (Å²) in [4.78, 5) is 24.3. The van der Waals surface area contributed by atoms with Crippen LogP contribution < -0.4 is 9.47 Å². The van der Waals surface area contributed by atoms with E-state index >= 15 is 0 Å². The van der Waals surface area contributed by atoms with Crippen LogP contribution in [0.5, 0.6) is 11.5 Å². The van der Waals surface area contributed by atoms with Crippen molar-refractivity contribution >= 4 is 11.9 Å². The fourth-order valence-electron chi connectivity index (χ4n) is 2.06. The zero-order valence-electron chi connectivity index (χ0n) is 14.7. The molecule has 0 aromatic heterocycles. The van der Waals surface area contributed by atoms with Gasteiger partial charge in [0.2, 0.25) is 0 Å². The molecule has 0 aliphatic carbocycles. The third kappa shape index (κ3) is 5.64. The molecule has 0 spiro atoms. The molecule has 2 aromatic carbocycles. The molecule has 0 aliphatic rings. The topological polar surface area (TPSA) is 61.8 Å². The van der Waals surface area contributed by atoms with Crippen molar-refractivity contribution in [1.29, 1.82) is 0 Å². The molecular weight excluding hydrogens is 320 g/mol. The lowest BCUT2D eigenvalue weighted by Crippen LogP contribution is -2.11. The number of benzene rings is 2. The largest absolute Gasteiger partial charge is 0.494 e. The van der Waals surface area contributed by atoms with Gasteiger partial charge in [-0.2, -0.15) is 0 Å². The minimum absolute atomic E-state index is 0.252. The zero-order chi connectivity index (χ0) is 18.2. The molecule has 25 heavy (non-hydrogen) atoms. The highest BCUT2D eigenvalue weighted by molar-refractivity contribution is 5.93. The second kappa shape index (κ2) is 8.87. The van der Waals surface area contributed by atoms with E-state index in [1.165, 1.54) is 6.07 Å². The molecule has 0 fully saturated rings. The summed E-state index contributed by atoms with van der Waals surface area (Å²) in [5, 5.41) is 0. The summed E-state index contributed by atoms with van der Waals surface area (Å²) >= 11 is 0. The van der Waals surface area contributed by atoms with Crippen molar-refractivity contribution < 1.29 is 23.8 Å². The average Bonchev–Trinajstić information content (AvgIpc) is 2.60. The molecule has 5 nitrogen and oxygen atoms in total. The summed E-state index contributed by atoms with van der Waals surface area (Å²) in [5.41, 5.74) is 0.716. The van der Waals surface area contributed by atoms with Gasteiger partial charge in [-0.05, 0) is 49.2 Å². The first-order valence-corrected chi connectivity index (χ1v) is 8.21. The van der Waals surface area contributed by atoms with Gasteiger partial charge in [0.15, 0.2) is 0 Å². The van der Waals surface area contributed by atoms with Gasteiger partial charge in [-0.1, -0.05) is 26.0 Å². The van der Waals surface area contributed by atoms with E-state index in [2.05, 4.69) is 0 Å². The van der Waals surface area contributed by atoms with Crippen LogP contribution in [0.1, 0.15) is 41.5 Å². The summed E-state index contributed by atoms with van der Waals surface area (Å²) in [6.45, 7) is 6.64. The maximum atomic E-state index is 12.3. The van der Waals surface area contributed by atoms with Gasteiger partial charge in [0.05, 0.1) is 24.3 Å². The van der Waals surface area contributed by atoms with E-state index < -0.39 is 11.9 Å². The Hall–Kier alpha value is -2.82. The van der Waals surface area contributed by atoms with E-state index in [0.717, 1.165) is 0 Å². The van der Waals surface area contributed by atoms with Crippen LogP contribution >= 0.6 is 0 Å². The van der Waals surface area contributed by atoms with Gasteiger partial charge >= 0.3 is 11.9 Å². The fourth-order valence-corrected chi connectivity index (χ4v) is 2.06. The van der Waals surface area contributed by atoms with Gasteiger partial charge in [-0.25, -0.2) is 9.59 Å². The number of carbonyl (C=O) groups is 2. The Kier molecular flexibility index (Phi) is 6.57. The number of hydrogen-bond acceptors (Lipinski definition) is 5. The second-order valence-electron chi connectivity index (χ2n) is 5.87. The molecule has 0 heterocycles. The van der Waals surface area contributed by atoms with Crippen LogP contribution in [0.4, 0.5) is 0 Å². The first-order valence-electron chi connectivity index (χ1n) is 8.21. The summed E-state index contributed by atoms with van der Waals surface area (Å²) in [7, 11) is 0. The Labute approximate surface area is 147 Å². The molecule has 0 atom stereocenters. The minimum Gasteiger partial charge on any atom is -0.494 e. The van der Waals surface area contributed by atoms with Crippen molar-refractivity contribution in [3.63, 3.8) is 0 Å². The molecule has 2 aromatic rings. The molecule has 0 unspecified atom stereocenters. The minimum atomic E-state index is -0.519. The lowest BCUT2D eigenvalue weighted by atomic mass is 10.2. The van der Waals surface area contributed by atoms with E-state index in [4.69, 9.17) is 14.2 Å². The van der Waals surface area contributed by atoms with Crippen LogP contribution in [0.15, 0.2) is 48.5 Å². The first-order chi connectivity index (χ1) is 12.0. The van der Waals surface area contributed by atoms with Gasteiger partial charge in [-0.15, -0.1) is 0 Å². The number of rotatable bonds is 7. The van der Waals surface area contributed by atoms with Crippen molar-refractivity contribution in [1.82, 2.24) is 0 Å². The smallest absolute Gasteiger partial charge is 0.343 e. The van der Waals surface area contributed by atoms with Crippen molar-refractivity contribution in [3.8, 4) is 11.5 Å². The number of hydrogen-bond donors (Lipinski definition) is 0. The highest BCUT2D eigenvalue weighted by atomic mass is 16.5. The molecule has 0 radical (unpaired) electrons. The molecule has 132 valence electrons. The molecule has 0 saturated heterocycles. The number of carbonyl (C=O) groups excluding carboxylic acids is 2. The van der Waals surface area contributed by atoms with E-state index in [1.54, 1.807) is 42.5 Å². The average molecular weight is 342 g/mol. The van der Waals surface area contributed by atoms with Gasteiger partial charge < -0.3 is 14.2 Å². The molecule has 0 saturated carbocycles. The summed E-state index contributed by atoms with van der Waals surface area (Å²) < 4.78 is 15.9. The van der Waals surface area contributed by atoms with Crippen LogP contribution in [0.25, 0.3) is 0 Å². The molecule has 0 N–H and O–H groups in total. The molecular formula is C20H22O5. The second-order valence-corrected chi connectivity index (χ2v) is 5.87. The molecule has 0 amide bonds. The van der Waals surface area contributed by atoms with Crippen molar-refractivity contribution in [2.45, 2.75) is 20.8 Å². The maximum Gasteiger partial charge on any atom is 0.343 e. The van der Waals surface area contributed by atoms with E-state index in [-0.39, 0.29) is 11.7 Å². The Morgan fingerprint density at radius 2 is 1.52 bits per heavy atom. The first kappa shape index (κ1) is 18.5. The summed E-state index contributed by atoms with van der Waals surface area (Å²) in [6.07, 6.45) is 0. The molecule has 5 heteroatoms. The van der Waals surface area contributed by atoms with Gasteiger partial charge in [0.25, 0.3) is 0 Å². The maximum absolute atomic E-state index is 12.3. The predicted octanol–water partition coefficient (Wildman–Crippen LogP) is 4.12.